The first-order valence-corrected chi connectivity index (χ1v) is 6.87. The molecule has 0 radical (unpaired) electrons. The Morgan fingerprint density at radius 2 is 2.10 bits per heavy atom. The number of anilines is 2. The molecule has 0 spiro atoms. The number of benzene rings is 2. The summed E-state index contributed by atoms with van der Waals surface area (Å²) in [6, 6.07) is 10.8. The summed E-state index contributed by atoms with van der Waals surface area (Å²) in [7, 11) is 0. The van der Waals surface area contributed by atoms with Crippen molar-refractivity contribution in [3.8, 4) is 0 Å². The molecule has 0 aliphatic heterocycles. The first kappa shape index (κ1) is 13.5. The van der Waals surface area contributed by atoms with Crippen LogP contribution in [0.4, 0.5) is 11.4 Å². The number of carbonyl (C=O) groups excluding carboxylic acids is 1. The van der Waals surface area contributed by atoms with Gasteiger partial charge in [-0.1, -0.05) is 17.7 Å². The number of nitrogen functional groups attached to an aromatic ring is 1. The van der Waals surface area contributed by atoms with Gasteiger partial charge in [0, 0.05) is 33.5 Å². The SMILES string of the molecule is Cc1c(Cl)cccc1NC(=O)c1c[nH]c2cc(N)ccc12. The van der Waals surface area contributed by atoms with Crippen LogP contribution >= 0.6 is 11.6 Å². The first-order valence-electron chi connectivity index (χ1n) is 6.49. The third-order valence-electron chi connectivity index (χ3n) is 3.47. The summed E-state index contributed by atoms with van der Waals surface area (Å²) in [5, 5.41) is 4.34. The van der Waals surface area contributed by atoms with Gasteiger partial charge in [0.25, 0.3) is 5.91 Å². The van der Waals surface area contributed by atoms with Crippen molar-refractivity contribution in [2.45, 2.75) is 6.92 Å². The second-order valence-corrected chi connectivity index (χ2v) is 5.28. The van der Waals surface area contributed by atoms with Crippen molar-refractivity contribution in [2.75, 3.05) is 11.1 Å². The minimum atomic E-state index is -0.184. The van der Waals surface area contributed by atoms with E-state index in [0.29, 0.717) is 22.0 Å². The molecule has 1 aromatic heterocycles. The molecule has 0 aliphatic carbocycles. The Kier molecular flexibility index (Phi) is 3.31. The number of amides is 1. The zero-order chi connectivity index (χ0) is 15.0. The highest BCUT2D eigenvalue weighted by molar-refractivity contribution is 6.31. The standard InChI is InChI=1S/C16H14ClN3O/c1-9-13(17)3-2-4-14(9)20-16(21)12-8-19-15-7-10(18)5-6-11(12)15/h2-8,19H,18H2,1H3,(H,20,21). The minimum Gasteiger partial charge on any atom is -0.399 e. The number of aromatic nitrogens is 1. The highest BCUT2D eigenvalue weighted by Gasteiger charge is 2.13. The molecule has 2 aromatic carbocycles. The van der Waals surface area contributed by atoms with Crippen molar-refractivity contribution in [1.29, 1.82) is 0 Å². The molecule has 106 valence electrons. The molecule has 0 fully saturated rings. The van der Waals surface area contributed by atoms with Crippen LogP contribution in [0.2, 0.25) is 5.02 Å². The van der Waals surface area contributed by atoms with E-state index in [0.717, 1.165) is 16.5 Å². The lowest BCUT2D eigenvalue weighted by Crippen LogP contribution is -2.12. The van der Waals surface area contributed by atoms with Gasteiger partial charge < -0.3 is 16.0 Å². The zero-order valence-electron chi connectivity index (χ0n) is 11.4. The largest absolute Gasteiger partial charge is 0.399 e. The Hall–Kier alpha value is -2.46. The fraction of sp³-hybridized carbons (Fsp3) is 0.0625. The molecular weight excluding hydrogens is 286 g/mol. The maximum atomic E-state index is 12.4. The van der Waals surface area contributed by atoms with Crippen LogP contribution in [0.1, 0.15) is 15.9 Å². The Morgan fingerprint density at radius 1 is 1.29 bits per heavy atom. The summed E-state index contributed by atoms with van der Waals surface area (Å²) >= 11 is 6.06. The molecule has 0 atom stereocenters. The molecule has 5 heteroatoms. The van der Waals surface area contributed by atoms with Gasteiger partial charge in [0.2, 0.25) is 0 Å². The van der Waals surface area contributed by atoms with Gasteiger partial charge in [-0.3, -0.25) is 4.79 Å². The van der Waals surface area contributed by atoms with Crippen molar-refractivity contribution in [3.63, 3.8) is 0 Å². The molecule has 3 rings (SSSR count). The highest BCUT2D eigenvalue weighted by atomic mass is 35.5. The van der Waals surface area contributed by atoms with Gasteiger partial charge in [-0.05, 0) is 42.8 Å². The number of carbonyl (C=O) groups is 1. The van der Waals surface area contributed by atoms with E-state index in [2.05, 4.69) is 10.3 Å². The van der Waals surface area contributed by atoms with Crippen molar-refractivity contribution < 1.29 is 4.79 Å². The third kappa shape index (κ3) is 2.45. The van der Waals surface area contributed by atoms with Gasteiger partial charge in [-0.25, -0.2) is 0 Å². The van der Waals surface area contributed by atoms with Gasteiger partial charge in [-0.2, -0.15) is 0 Å². The monoisotopic (exact) mass is 299 g/mol. The van der Waals surface area contributed by atoms with Crippen LogP contribution in [0.5, 0.6) is 0 Å². The molecule has 3 aromatic rings. The molecule has 1 amide bonds. The van der Waals surface area contributed by atoms with Crippen LogP contribution in [0, 0.1) is 6.92 Å². The fourth-order valence-electron chi connectivity index (χ4n) is 2.26. The lowest BCUT2D eigenvalue weighted by Gasteiger charge is -2.09. The molecular formula is C16H14ClN3O. The average molecular weight is 300 g/mol. The number of H-pyrrole nitrogens is 1. The van der Waals surface area contributed by atoms with Crippen LogP contribution in [-0.2, 0) is 0 Å². The molecule has 0 unspecified atom stereocenters. The van der Waals surface area contributed by atoms with Gasteiger partial charge in [0.1, 0.15) is 0 Å². The van der Waals surface area contributed by atoms with Gasteiger partial charge in [0.05, 0.1) is 5.56 Å². The number of hydrogen-bond acceptors (Lipinski definition) is 2. The number of rotatable bonds is 2. The maximum absolute atomic E-state index is 12.4. The fourth-order valence-corrected chi connectivity index (χ4v) is 2.44. The number of aromatic amines is 1. The molecule has 0 aliphatic rings. The topological polar surface area (TPSA) is 70.9 Å². The number of nitrogens with two attached hydrogens (primary N) is 1. The second kappa shape index (κ2) is 5.14. The Labute approximate surface area is 126 Å². The van der Waals surface area contributed by atoms with Gasteiger partial charge in [0.15, 0.2) is 0 Å². The van der Waals surface area contributed by atoms with Gasteiger partial charge in [-0.15, -0.1) is 0 Å². The molecule has 21 heavy (non-hydrogen) atoms. The minimum absolute atomic E-state index is 0.184. The Bertz CT molecular complexity index is 839. The van der Waals surface area contributed by atoms with E-state index < -0.39 is 0 Å². The van der Waals surface area contributed by atoms with E-state index in [1.807, 2.05) is 19.1 Å². The van der Waals surface area contributed by atoms with Crippen LogP contribution in [0.3, 0.4) is 0 Å². The Morgan fingerprint density at radius 3 is 2.90 bits per heavy atom. The summed E-state index contributed by atoms with van der Waals surface area (Å²) < 4.78 is 0. The highest BCUT2D eigenvalue weighted by Crippen LogP contribution is 2.25. The number of hydrogen-bond donors (Lipinski definition) is 3. The third-order valence-corrected chi connectivity index (χ3v) is 3.88. The molecule has 4 N–H and O–H groups in total. The quantitative estimate of drug-likeness (QED) is 0.627. The summed E-state index contributed by atoms with van der Waals surface area (Å²) in [6.45, 7) is 1.87. The number of nitrogens with one attached hydrogen (secondary N) is 2. The average Bonchev–Trinajstić information content (AvgIpc) is 2.86. The summed E-state index contributed by atoms with van der Waals surface area (Å²) in [6.07, 6.45) is 1.68. The van der Waals surface area contributed by atoms with Gasteiger partial charge >= 0.3 is 0 Å². The summed E-state index contributed by atoms with van der Waals surface area (Å²) in [4.78, 5) is 15.5. The Balaban J connectivity index is 1.96. The van der Waals surface area contributed by atoms with Crippen LogP contribution in [0.15, 0.2) is 42.6 Å². The molecule has 0 saturated heterocycles. The second-order valence-electron chi connectivity index (χ2n) is 4.87. The first-order chi connectivity index (χ1) is 10.1. The van der Waals surface area contributed by atoms with Crippen LogP contribution < -0.4 is 11.1 Å². The van der Waals surface area contributed by atoms with E-state index in [1.165, 1.54) is 0 Å². The van der Waals surface area contributed by atoms with Crippen LogP contribution in [0.25, 0.3) is 10.9 Å². The van der Waals surface area contributed by atoms with E-state index in [4.69, 9.17) is 17.3 Å². The predicted octanol–water partition coefficient (Wildman–Crippen LogP) is 3.96. The molecule has 4 nitrogen and oxygen atoms in total. The summed E-state index contributed by atoms with van der Waals surface area (Å²) in [5.41, 5.74) is 9.35. The normalized spacial score (nSPS) is 10.8. The van der Waals surface area contributed by atoms with Crippen molar-refractivity contribution in [1.82, 2.24) is 4.98 Å². The van der Waals surface area contributed by atoms with Crippen molar-refractivity contribution >= 4 is 39.8 Å². The predicted molar refractivity (Wildman–Crippen MR) is 86.9 cm³/mol. The van der Waals surface area contributed by atoms with Crippen molar-refractivity contribution in [3.05, 3.63) is 58.7 Å². The van der Waals surface area contributed by atoms with E-state index in [9.17, 15) is 4.79 Å². The van der Waals surface area contributed by atoms with Crippen molar-refractivity contribution in [2.24, 2.45) is 0 Å². The molecule has 1 heterocycles. The van der Waals surface area contributed by atoms with E-state index in [-0.39, 0.29) is 5.91 Å². The maximum Gasteiger partial charge on any atom is 0.257 e. The summed E-state index contributed by atoms with van der Waals surface area (Å²) in [5.74, 6) is -0.184. The lowest BCUT2D eigenvalue weighted by molar-refractivity contribution is 0.102. The number of fused-ring (bicyclic) bond motifs is 1. The smallest absolute Gasteiger partial charge is 0.257 e. The number of halogens is 1. The lowest BCUT2D eigenvalue weighted by atomic mass is 10.1. The molecule has 0 saturated carbocycles. The molecule has 0 bridgehead atoms. The zero-order valence-corrected chi connectivity index (χ0v) is 12.2. The van der Waals surface area contributed by atoms with E-state index in [1.54, 1.807) is 30.5 Å². The van der Waals surface area contributed by atoms with E-state index >= 15 is 0 Å². The van der Waals surface area contributed by atoms with Crippen LogP contribution in [-0.4, -0.2) is 10.9 Å².